The predicted octanol–water partition coefficient (Wildman–Crippen LogP) is 1.63. The van der Waals surface area contributed by atoms with Crippen molar-refractivity contribution < 1.29 is 13.2 Å². The molecule has 1 unspecified atom stereocenters. The van der Waals surface area contributed by atoms with Gasteiger partial charge in [-0.25, -0.2) is 12.7 Å². The number of anilines is 1. The Morgan fingerprint density at radius 1 is 1.45 bits per heavy atom. The zero-order valence-corrected chi connectivity index (χ0v) is 12.8. The zero-order chi connectivity index (χ0) is 14.8. The largest absolute Gasteiger partial charge is 0.491 e. The summed E-state index contributed by atoms with van der Waals surface area (Å²) in [6.07, 6.45) is 3.12. The van der Waals surface area contributed by atoms with Crippen LogP contribution in [-0.2, 0) is 10.0 Å². The van der Waals surface area contributed by atoms with E-state index in [2.05, 4.69) is 0 Å². The highest BCUT2D eigenvalue weighted by molar-refractivity contribution is 7.88. The molecule has 20 heavy (non-hydrogen) atoms. The number of benzene rings is 1. The third-order valence-electron chi connectivity index (χ3n) is 3.66. The summed E-state index contributed by atoms with van der Waals surface area (Å²) in [6.45, 7) is 3.60. The maximum atomic E-state index is 11.6. The molecule has 0 amide bonds. The first-order valence-electron chi connectivity index (χ1n) is 6.81. The van der Waals surface area contributed by atoms with Gasteiger partial charge in [-0.05, 0) is 31.4 Å². The van der Waals surface area contributed by atoms with E-state index < -0.39 is 10.0 Å². The van der Waals surface area contributed by atoms with E-state index in [1.165, 1.54) is 10.6 Å². The van der Waals surface area contributed by atoms with Gasteiger partial charge in [-0.2, -0.15) is 0 Å². The lowest BCUT2D eigenvalue weighted by molar-refractivity contribution is 0.180. The number of nitrogen functional groups attached to an aromatic ring is 1. The highest BCUT2D eigenvalue weighted by Crippen LogP contribution is 2.27. The number of ether oxygens (including phenoxy) is 1. The van der Waals surface area contributed by atoms with Crippen molar-refractivity contribution in [3.05, 3.63) is 23.8 Å². The van der Waals surface area contributed by atoms with E-state index in [1.54, 1.807) is 0 Å². The molecule has 0 saturated carbocycles. The van der Waals surface area contributed by atoms with Crippen LogP contribution < -0.4 is 10.5 Å². The fourth-order valence-electron chi connectivity index (χ4n) is 2.54. The van der Waals surface area contributed by atoms with Crippen molar-refractivity contribution in [2.24, 2.45) is 5.92 Å². The van der Waals surface area contributed by atoms with Gasteiger partial charge in [-0.3, -0.25) is 0 Å². The Kier molecular flexibility index (Phi) is 4.55. The molecule has 0 bridgehead atoms. The van der Waals surface area contributed by atoms with Crippen LogP contribution in [-0.4, -0.2) is 38.7 Å². The van der Waals surface area contributed by atoms with Crippen LogP contribution in [0.2, 0.25) is 0 Å². The van der Waals surface area contributed by atoms with Gasteiger partial charge in [0.25, 0.3) is 0 Å². The second-order valence-corrected chi connectivity index (χ2v) is 7.42. The molecule has 2 N–H and O–H groups in total. The number of nitrogens with two attached hydrogens (primary N) is 1. The molecule has 112 valence electrons. The number of piperidine rings is 1. The molecule has 1 aromatic rings. The molecular weight excluding hydrogens is 276 g/mol. The molecule has 0 aliphatic carbocycles. The fraction of sp³-hybridized carbons (Fsp3) is 0.571. The van der Waals surface area contributed by atoms with Gasteiger partial charge in [-0.15, -0.1) is 0 Å². The zero-order valence-electron chi connectivity index (χ0n) is 12.0. The maximum absolute atomic E-state index is 11.6. The summed E-state index contributed by atoms with van der Waals surface area (Å²) in [5.74, 6) is 0.932. The van der Waals surface area contributed by atoms with Crippen molar-refractivity contribution in [3.8, 4) is 5.75 Å². The minimum absolute atomic E-state index is 0.220. The summed E-state index contributed by atoms with van der Waals surface area (Å²) in [7, 11) is -3.10. The molecule has 0 aromatic heterocycles. The number of para-hydroxylation sites is 1. The van der Waals surface area contributed by atoms with Crippen molar-refractivity contribution in [1.29, 1.82) is 0 Å². The second kappa shape index (κ2) is 6.01. The number of hydrogen-bond acceptors (Lipinski definition) is 4. The lowest BCUT2D eigenvalue weighted by Gasteiger charge is -2.31. The summed E-state index contributed by atoms with van der Waals surface area (Å²) < 4.78 is 30.5. The number of aryl methyl sites for hydroxylation is 1. The van der Waals surface area contributed by atoms with E-state index in [9.17, 15) is 8.42 Å². The average Bonchev–Trinajstić information content (AvgIpc) is 2.37. The van der Waals surface area contributed by atoms with E-state index in [0.717, 1.165) is 18.4 Å². The van der Waals surface area contributed by atoms with Gasteiger partial charge < -0.3 is 10.5 Å². The molecule has 1 fully saturated rings. The maximum Gasteiger partial charge on any atom is 0.211 e. The van der Waals surface area contributed by atoms with Gasteiger partial charge in [0.15, 0.2) is 0 Å². The quantitative estimate of drug-likeness (QED) is 0.858. The monoisotopic (exact) mass is 298 g/mol. The highest BCUT2D eigenvalue weighted by atomic mass is 32.2. The fourth-order valence-corrected chi connectivity index (χ4v) is 3.48. The molecule has 6 heteroatoms. The van der Waals surface area contributed by atoms with Crippen molar-refractivity contribution in [3.63, 3.8) is 0 Å². The van der Waals surface area contributed by atoms with Gasteiger partial charge in [0.2, 0.25) is 10.0 Å². The number of sulfonamides is 1. The lowest BCUT2D eigenvalue weighted by atomic mass is 10.0. The summed E-state index contributed by atoms with van der Waals surface area (Å²) in [5, 5.41) is 0. The molecule has 5 nitrogen and oxygen atoms in total. The van der Waals surface area contributed by atoms with Gasteiger partial charge in [-0.1, -0.05) is 12.1 Å². The Balaban J connectivity index is 1.97. The molecule has 1 atom stereocenters. The predicted molar refractivity (Wildman–Crippen MR) is 80.2 cm³/mol. The van der Waals surface area contributed by atoms with Crippen LogP contribution in [0, 0.1) is 12.8 Å². The minimum atomic E-state index is -3.10. The second-order valence-electron chi connectivity index (χ2n) is 5.43. The van der Waals surface area contributed by atoms with Gasteiger partial charge in [0.1, 0.15) is 5.75 Å². The molecule has 0 radical (unpaired) electrons. The van der Waals surface area contributed by atoms with Crippen molar-refractivity contribution >= 4 is 15.7 Å². The minimum Gasteiger partial charge on any atom is -0.491 e. The van der Waals surface area contributed by atoms with Crippen molar-refractivity contribution in [2.45, 2.75) is 19.8 Å². The third-order valence-corrected chi connectivity index (χ3v) is 4.93. The molecule has 0 spiro atoms. The van der Waals surface area contributed by atoms with Crippen LogP contribution in [0.15, 0.2) is 18.2 Å². The molecule has 1 aliphatic rings. The summed E-state index contributed by atoms with van der Waals surface area (Å²) in [6, 6.07) is 5.66. The molecule has 1 saturated heterocycles. The van der Waals surface area contributed by atoms with Gasteiger partial charge in [0.05, 0.1) is 18.6 Å². The van der Waals surface area contributed by atoms with E-state index in [1.807, 2.05) is 25.1 Å². The normalized spacial score (nSPS) is 20.8. The lowest BCUT2D eigenvalue weighted by Crippen LogP contribution is -2.41. The van der Waals surface area contributed by atoms with Crippen LogP contribution in [0.5, 0.6) is 5.75 Å². The van der Waals surface area contributed by atoms with E-state index in [0.29, 0.717) is 31.1 Å². The number of nitrogens with zero attached hydrogens (tertiary/aromatic N) is 1. The Labute approximate surface area is 120 Å². The van der Waals surface area contributed by atoms with E-state index >= 15 is 0 Å². The Bertz CT molecular complexity index is 552. The summed E-state index contributed by atoms with van der Waals surface area (Å²) in [5.41, 5.74) is 7.53. The topological polar surface area (TPSA) is 72.6 Å². The van der Waals surface area contributed by atoms with E-state index in [-0.39, 0.29) is 5.92 Å². The first kappa shape index (κ1) is 15.1. The SMILES string of the molecule is Cc1cccc(N)c1OCC1CCCN(S(C)(=O)=O)C1. The summed E-state index contributed by atoms with van der Waals surface area (Å²) >= 11 is 0. The first-order chi connectivity index (χ1) is 9.38. The van der Waals surface area contributed by atoms with Crippen LogP contribution in [0.3, 0.4) is 0 Å². The molecule has 2 rings (SSSR count). The van der Waals surface area contributed by atoms with Crippen LogP contribution in [0.25, 0.3) is 0 Å². The third kappa shape index (κ3) is 3.64. The van der Waals surface area contributed by atoms with E-state index in [4.69, 9.17) is 10.5 Å². The molecule has 1 aromatic carbocycles. The van der Waals surface area contributed by atoms with Gasteiger partial charge >= 0.3 is 0 Å². The smallest absolute Gasteiger partial charge is 0.211 e. The van der Waals surface area contributed by atoms with Crippen molar-refractivity contribution in [2.75, 3.05) is 31.7 Å². The molecule has 1 heterocycles. The Hall–Kier alpha value is -1.27. The highest BCUT2D eigenvalue weighted by Gasteiger charge is 2.26. The average molecular weight is 298 g/mol. The van der Waals surface area contributed by atoms with Crippen LogP contribution in [0.4, 0.5) is 5.69 Å². The molecule has 1 aliphatic heterocycles. The number of rotatable bonds is 4. The summed E-state index contributed by atoms with van der Waals surface area (Å²) in [4.78, 5) is 0. The Morgan fingerprint density at radius 2 is 2.20 bits per heavy atom. The van der Waals surface area contributed by atoms with Gasteiger partial charge in [0, 0.05) is 19.0 Å². The van der Waals surface area contributed by atoms with Crippen molar-refractivity contribution in [1.82, 2.24) is 4.31 Å². The first-order valence-corrected chi connectivity index (χ1v) is 8.66. The van der Waals surface area contributed by atoms with Crippen LogP contribution >= 0.6 is 0 Å². The number of hydrogen-bond donors (Lipinski definition) is 1. The standard InChI is InChI=1S/C14H22N2O3S/c1-11-5-3-7-13(15)14(11)19-10-12-6-4-8-16(9-12)20(2,17)18/h3,5,7,12H,4,6,8-10,15H2,1-2H3. The Morgan fingerprint density at radius 3 is 2.85 bits per heavy atom. The van der Waals surface area contributed by atoms with Crippen LogP contribution in [0.1, 0.15) is 18.4 Å². The molecular formula is C14H22N2O3S.